The van der Waals surface area contributed by atoms with E-state index in [1.165, 1.54) is 44.9 Å². The highest BCUT2D eigenvalue weighted by Crippen LogP contribution is 2.24. The van der Waals surface area contributed by atoms with Crippen LogP contribution in [0.2, 0.25) is 0 Å². The summed E-state index contributed by atoms with van der Waals surface area (Å²) in [6.07, 6.45) is 10.1. The lowest BCUT2D eigenvalue weighted by atomic mass is 10.1. The number of ether oxygens (including phenoxy) is 5. The second kappa shape index (κ2) is 14.1. The summed E-state index contributed by atoms with van der Waals surface area (Å²) >= 11 is 0. The van der Waals surface area contributed by atoms with Crippen LogP contribution in [-0.4, -0.2) is 37.7 Å². The lowest BCUT2D eigenvalue weighted by Gasteiger charge is -2.17. The zero-order valence-electron chi connectivity index (χ0n) is 21.4. The molecule has 0 aliphatic carbocycles. The van der Waals surface area contributed by atoms with Crippen LogP contribution in [0.4, 0.5) is 0 Å². The third-order valence-corrected chi connectivity index (χ3v) is 5.89. The van der Waals surface area contributed by atoms with Crippen molar-refractivity contribution in [3.63, 3.8) is 0 Å². The molecule has 2 aromatic carbocycles. The molecule has 0 amide bonds. The molecule has 0 bridgehead atoms. The molecule has 0 N–H and O–H groups in total. The summed E-state index contributed by atoms with van der Waals surface area (Å²) in [5.74, 6) is 0.928. The van der Waals surface area contributed by atoms with Crippen LogP contribution >= 0.6 is 0 Å². The van der Waals surface area contributed by atoms with Crippen molar-refractivity contribution < 1.29 is 28.5 Å². The Labute approximate surface area is 209 Å². The standard InChI is InChI=1S/C29H40O6/c1-4-5-6-7-8-9-10-11-20-31-24-14-12-23(13-15-24)28(30)34-26-18-16-25(17-19-26)32-21-27-22-33-29(2,3)35-27/h12-19,27H,4-11,20-22H2,1-3H3/t27-/m0/s1. The highest BCUT2D eigenvalue weighted by Gasteiger charge is 2.32. The molecular weight excluding hydrogens is 444 g/mol. The Morgan fingerprint density at radius 1 is 0.829 bits per heavy atom. The lowest BCUT2D eigenvalue weighted by molar-refractivity contribution is -0.141. The molecule has 0 aromatic heterocycles. The van der Waals surface area contributed by atoms with Crippen LogP contribution in [0.25, 0.3) is 0 Å². The van der Waals surface area contributed by atoms with Crippen molar-refractivity contribution in [3.8, 4) is 17.2 Å². The summed E-state index contributed by atoms with van der Waals surface area (Å²) in [6, 6.07) is 14.1. The van der Waals surface area contributed by atoms with Gasteiger partial charge in [-0.25, -0.2) is 4.79 Å². The zero-order chi connectivity index (χ0) is 24.9. The first kappa shape index (κ1) is 27.0. The van der Waals surface area contributed by atoms with Gasteiger partial charge in [0.05, 0.1) is 18.8 Å². The average Bonchev–Trinajstić information content (AvgIpc) is 3.21. The largest absolute Gasteiger partial charge is 0.494 e. The van der Waals surface area contributed by atoms with Gasteiger partial charge in [0.15, 0.2) is 5.79 Å². The lowest BCUT2D eigenvalue weighted by Crippen LogP contribution is -2.25. The minimum atomic E-state index is -0.566. The summed E-state index contributed by atoms with van der Waals surface area (Å²) in [5, 5.41) is 0. The van der Waals surface area contributed by atoms with Crippen molar-refractivity contribution in [1.82, 2.24) is 0 Å². The molecule has 1 aliphatic rings. The van der Waals surface area contributed by atoms with Gasteiger partial charge in [-0.3, -0.25) is 0 Å². The van der Waals surface area contributed by atoms with Crippen LogP contribution in [0.1, 0.15) is 82.5 Å². The number of rotatable bonds is 15. The minimum absolute atomic E-state index is 0.102. The highest BCUT2D eigenvalue weighted by atomic mass is 16.7. The summed E-state index contributed by atoms with van der Waals surface area (Å²) < 4.78 is 28.3. The molecule has 1 aliphatic heterocycles. The summed E-state index contributed by atoms with van der Waals surface area (Å²) in [6.45, 7) is 7.61. The van der Waals surface area contributed by atoms with Gasteiger partial charge in [-0.05, 0) is 68.8 Å². The van der Waals surface area contributed by atoms with E-state index >= 15 is 0 Å². The molecule has 1 fully saturated rings. The van der Waals surface area contributed by atoms with Crippen LogP contribution < -0.4 is 14.2 Å². The normalized spacial score (nSPS) is 16.7. The molecule has 0 radical (unpaired) electrons. The molecule has 192 valence electrons. The van der Waals surface area contributed by atoms with Gasteiger partial charge in [0.2, 0.25) is 0 Å². The predicted molar refractivity (Wildman–Crippen MR) is 136 cm³/mol. The van der Waals surface area contributed by atoms with E-state index in [0.717, 1.165) is 12.2 Å². The van der Waals surface area contributed by atoms with Crippen molar-refractivity contribution >= 4 is 5.97 Å². The fourth-order valence-electron chi connectivity index (χ4n) is 3.92. The second-order valence-corrected chi connectivity index (χ2v) is 9.47. The average molecular weight is 485 g/mol. The molecule has 3 rings (SSSR count). The SMILES string of the molecule is CCCCCCCCCCOc1ccc(C(=O)Oc2ccc(OC[C@H]3COC(C)(C)O3)cc2)cc1. The van der Waals surface area contributed by atoms with Crippen molar-refractivity contribution in [1.29, 1.82) is 0 Å². The van der Waals surface area contributed by atoms with Crippen LogP contribution in [0, 0.1) is 0 Å². The Hall–Kier alpha value is -2.57. The van der Waals surface area contributed by atoms with E-state index in [4.69, 9.17) is 23.7 Å². The van der Waals surface area contributed by atoms with Gasteiger partial charge in [0, 0.05) is 0 Å². The van der Waals surface area contributed by atoms with E-state index in [-0.39, 0.29) is 6.10 Å². The Kier molecular flexibility index (Phi) is 10.9. The number of benzene rings is 2. The van der Waals surface area contributed by atoms with E-state index < -0.39 is 11.8 Å². The van der Waals surface area contributed by atoms with Gasteiger partial charge in [0.1, 0.15) is 30.0 Å². The summed E-state index contributed by atoms with van der Waals surface area (Å²) in [7, 11) is 0. The van der Waals surface area contributed by atoms with Crippen LogP contribution in [0.3, 0.4) is 0 Å². The molecule has 1 saturated heterocycles. The molecule has 2 aromatic rings. The molecule has 0 saturated carbocycles. The van der Waals surface area contributed by atoms with Gasteiger partial charge in [-0.1, -0.05) is 51.9 Å². The van der Waals surface area contributed by atoms with E-state index in [9.17, 15) is 4.79 Å². The number of carbonyl (C=O) groups excluding carboxylic acids is 1. The minimum Gasteiger partial charge on any atom is -0.494 e. The molecule has 1 heterocycles. The first-order chi connectivity index (χ1) is 16.9. The van der Waals surface area contributed by atoms with E-state index in [1.54, 1.807) is 36.4 Å². The summed E-state index contributed by atoms with van der Waals surface area (Å²) in [4.78, 5) is 12.5. The molecule has 0 unspecified atom stereocenters. The van der Waals surface area contributed by atoms with E-state index in [0.29, 0.717) is 36.9 Å². The van der Waals surface area contributed by atoms with Crippen LogP contribution in [0.5, 0.6) is 17.2 Å². The fourth-order valence-corrected chi connectivity index (χ4v) is 3.92. The van der Waals surface area contributed by atoms with Gasteiger partial charge >= 0.3 is 5.97 Å². The first-order valence-corrected chi connectivity index (χ1v) is 12.9. The van der Waals surface area contributed by atoms with Crippen molar-refractivity contribution in [2.24, 2.45) is 0 Å². The van der Waals surface area contributed by atoms with Crippen molar-refractivity contribution in [2.45, 2.75) is 84.0 Å². The fraction of sp³-hybridized carbons (Fsp3) is 0.552. The Morgan fingerprint density at radius 3 is 2.03 bits per heavy atom. The smallest absolute Gasteiger partial charge is 0.343 e. The number of hydrogen-bond donors (Lipinski definition) is 0. The van der Waals surface area contributed by atoms with E-state index in [1.807, 2.05) is 26.0 Å². The monoisotopic (exact) mass is 484 g/mol. The number of unbranched alkanes of at least 4 members (excludes halogenated alkanes) is 7. The Morgan fingerprint density at radius 2 is 1.40 bits per heavy atom. The van der Waals surface area contributed by atoms with Gasteiger partial charge < -0.3 is 23.7 Å². The van der Waals surface area contributed by atoms with Gasteiger partial charge in [0.25, 0.3) is 0 Å². The zero-order valence-corrected chi connectivity index (χ0v) is 21.4. The molecule has 6 nitrogen and oxygen atoms in total. The quantitative estimate of drug-likeness (QED) is 0.155. The highest BCUT2D eigenvalue weighted by molar-refractivity contribution is 5.91. The van der Waals surface area contributed by atoms with Gasteiger partial charge in [-0.2, -0.15) is 0 Å². The van der Waals surface area contributed by atoms with Gasteiger partial charge in [-0.15, -0.1) is 0 Å². The van der Waals surface area contributed by atoms with Crippen molar-refractivity contribution in [3.05, 3.63) is 54.1 Å². The third-order valence-electron chi connectivity index (χ3n) is 5.89. The first-order valence-electron chi connectivity index (χ1n) is 12.9. The maximum atomic E-state index is 12.5. The maximum absolute atomic E-state index is 12.5. The molecular formula is C29H40O6. The van der Waals surface area contributed by atoms with Crippen LogP contribution in [0.15, 0.2) is 48.5 Å². The number of carbonyl (C=O) groups is 1. The Bertz CT molecular complexity index is 875. The van der Waals surface area contributed by atoms with Crippen LogP contribution in [-0.2, 0) is 9.47 Å². The van der Waals surface area contributed by atoms with Crippen molar-refractivity contribution in [2.75, 3.05) is 19.8 Å². The molecule has 0 spiro atoms. The molecule has 35 heavy (non-hydrogen) atoms. The predicted octanol–water partition coefficient (Wildman–Crippen LogP) is 6.96. The molecule has 6 heteroatoms. The maximum Gasteiger partial charge on any atom is 0.343 e. The summed E-state index contributed by atoms with van der Waals surface area (Å²) in [5.41, 5.74) is 0.478. The molecule has 1 atom stereocenters. The Balaban J connectivity index is 1.33. The number of hydrogen-bond acceptors (Lipinski definition) is 6. The third kappa shape index (κ3) is 9.90. The second-order valence-electron chi connectivity index (χ2n) is 9.47. The topological polar surface area (TPSA) is 63.2 Å². The van der Waals surface area contributed by atoms with E-state index in [2.05, 4.69) is 6.92 Å². The number of esters is 1.